The van der Waals surface area contributed by atoms with Crippen molar-refractivity contribution in [1.82, 2.24) is 4.98 Å². The maximum atomic E-state index is 12.0. The van der Waals surface area contributed by atoms with Crippen LogP contribution in [0.4, 0.5) is 18.9 Å². The van der Waals surface area contributed by atoms with E-state index in [0.29, 0.717) is 11.0 Å². The van der Waals surface area contributed by atoms with Crippen molar-refractivity contribution >= 4 is 21.6 Å². The maximum Gasteiger partial charge on any atom is 0.389 e. The van der Waals surface area contributed by atoms with Crippen LogP contribution < -0.4 is 5.32 Å². The lowest BCUT2D eigenvalue weighted by atomic mass is 10.1. The zero-order valence-corrected chi connectivity index (χ0v) is 11.0. The molecule has 0 bridgehead atoms. The molecule has 0 aliphatic heterocycles. The van der Waals surface area contributed by atoms with Crippen LogP contribution in [0.2, 0.25) is 0 Å². The second-order valence-electron chi connectivity index (χ2n) is 3.89. The molecule has 2 nitrogen and oxygen atoms in total. The first-order valence-electron chi connectivity index (χ1n) is 5.32. The van der Waals surface area contributed by atoms with E-state index in [9.17, 15) is 13.2 Å². The van der Waals surface area contributed by atoms with Gasteiger partial charge in [0.15, 0.2) is 0 Å². The van der Waals surface area contributed by atoms with Gasteiger partial charge in [0, 0.05) is 18.7 Å². The number of pyridine rings is 1. The summed E-state index contributed by atoms with van der Waals surface area (Å²) < 4.78 is 36.5. The molecule has 1 rings (SSSR count). The van der Waals surface area contributed by atoms with E-state index < -0.39 is 12.6 Å². The molecule has 0 aliphatic carbocycles. The summed E-state index contributed by atoms with van der Waals surface area (Å²) in [6.45, 7) is 1.86. The van der Waals surface area contributed by atoms with Crippen LogP contribution in [0.5, 0.6) is 0 Å². The molecule has 0 saturated heterocycles. The molecule has 1 atom stereocenters. The second-order valence-corrected chi connectivity index (χ2v) is 4.65. The fraction of sp³-hybridized carbons (Fsp3) is 0.545. The lowest BCUT2D eigenvalue weighted by molar-refractivity contribution is -0.135. The Morgan fingerprint density at radius 1 is 1.47 bits per heavy atom. The second kappa shape index (κ2) is 6.23. The quantitative estimate of drug-likeness (QED) is 0.816. The third kappa shape index (κ3) is 5.91. The minimum absolute atomic E-state index is 0.0159. The fourth-order valence-corrected chi connectivity index (χ4v) is 1.80. The molecule has 0 aromatic carbocycles. The smallest absolute Gasteiger partial charge is 0.380 e. The molecule has 0 radical (unpaired) electrons. The van der Waals surface area contributed by atoms with E-state index in [4.69, 9.17) is 0 Å². The van der Waals surface area contributed by atoms with Gasteiger partial charge >= 0.3 is 6.18 Å². The summed E-state index contributed by atoms with van der Waals surface area (Å²) >= 11 is 3.27. The maximum absolute atomic E-state index is 12.0. The van der Waals surface area contributed by atoms with Crippen LogP contribution in [0, 0.1) is 0 Å². The summed E-state index contributed by atoms with van der Waals surface area (Å²) in [5.41, 5.74) is 0.798. The van der Waals surface area contributed by atoms with Gasteiger partial charge in [0.05, 0.1) is 5.69 Å². The molecular weight excluding hydrogens is 297 g/mol. The van der Waals surface area contributed by atoms with Gasteiger partial charge in [-0.05, 0) is 47.8 Å². The topological polar surface area (TPSA) is 24.9 Å². The number of nitrogens with one attached hydrogen (secondary N) is 1. The van der Waals surface area contributed by atoms with Gasteiger partial charge in [0.2, 0.25) is 0 Å². The SMILES string of the molecule is CC(CCCC(F)(F)F)Nc1cccnc1Br. The highest BCUT2D eigenvalue weighted by molar-refractivity contribution is 9.10. The highest BCUT2D eigenvalue weighted by Crippen LogP contribution is 2.24. The van der Waals surface area contributed by atoms with Gasteiger partial charge in [0.25, 0.3) is 0 Å². The van der Waals surface area contributed by atoms with Crippen molar-refractivity contribution in [3.8, 4) is 0 Å². The first-order chi connectivity index (χ1) is 7.88. The Morgan fingerprint density at radius 2 is 2.18 bits per heavy atom. The van der Waals surface area contributed by atoms with Crippen LogP contribution in [-0.4, -0.2) is 17.2 Å². The van der Waals surface area contributed by atoms with Gasteiger partial charge in [-0.25, -0.2) is 4.98 Å². The van der Waals surface area contributed by atoms with Crippen LogP contribution in [-0.2, 0) is 0 Å². The number of rotatable bonds is 5. The third-order valence-electron chi connectivity index (χ3n) is 2.26. The third-order valence-corrected chi connectivity index (χ3v) is 2.89. The molecule has 1 unspecified atom stereocenters. The van der Waals surface area contributed by atoms with Crippen molar-refractivity contribution < 1.29 is 13.2 Å². The highest BCUT2D eigenvalue weighted by Gasteiger charge is 2.26. The Kier molecular flexibility index (Phi) is 5.24. The molecule has 0 amide bonds. The number of alkyl halides is 3. The predicted molar refractivity (Wildman–Crippen MR) is 64.9 cm³/mol. The number of anilines is 1. The average Bonchev–Trinajstić information content (AvgIpc) is 2.19. The Morgan fingerprint density at radius 3 is 2.76 bits per heavy atom. The molecule has 0 saturated carbocycles. The Balaban J connectivity index is 2.35. The van der Waals surface area contributed by atoms with Crippen molar-refractivity contribution in [2.45, 2.75) is 38.4 Å². The molecule has 96 valence electrons. The fourth-order valence-electron chi connectivity index (χ4n) is 1.44. The minimum atomic E-state index is -4.06. The van der Waals surface area contributed by atoms with Gasteiger partial charge in [0.1, 0.15) is 4.60 Å². The van der Waals surface area contributed by atoms with E-state index in [-0.39, 0.29) is 12.5 Å². The summed E-state index contributed by atoms with van der Waals surface area (Å²) in [4.78, 5) is 4.03. The van der Waals surface area contributed by atoms with Crippen LogP contribution in [0.1, 0.15) is 26.2 Å². The Bertz CT molecular complexity index is 355. The average molecular weight is 311 g/mol. The van der Waals surface area contributed by atoms with Crippen molar-refractivity contribution in [3.63, 3.8) is 0 Å². The summed E-state index contributed by atoms with van der Waals surface area (Å²) in [6, 6.07) is 3.59. The molecule has 0 aliphatic rings. The lowest BCUT2D eigenvalue weighted by Gasteiger charge is -2.16. The van der Waals surface area contributed by atoms with Crippen molar-refractivity contribution in [1.29, 1.82) is 0 Å². The summed E-state index contributed by atoms with van der Waals surface area (Å²) in [7, 11) is 0. The molecule has 1 aromatic heterocycles. The first kappa shape index (κ1) is 14.3. The Labute approximate surface area is 107 Å². The van der Waals surface area contributed by atoms with Crippen molar-refractivity contribution in [2.24, 2.45) is 0 Å². The first-order valence-corrected chi connectivity index (χ1v) is 6.11. The normalized spacial score (nSPS) is 13.5. The molecule has 1 aromatic rings. The number of halogens is 4. The molecule has 6 heteroatoms. The van der Waals surface area contributed by atoms with E-state index in [0.717, 1.165) is 5.69 Å². The molecule has 0 fully saturated rings. The van der Waals surface area contributed by atoms with Crippen LogP contribution in [0.15, 0.2) is 22.9 Å². The molecule has 1 N–H and O–H groups in total. The van der Waals surface area contributed by atoms with Crippen molar-refractivity contribution in [2.75, 3.05) is 5.32 Å². The van der Waals surface area contributed by atoms with Crippen LogP contribution in [0.3, 0.4) is 0 Å². The highest BCUT2D eigenvalue weighted by atomic mass is 79.9. The standard InChI is InChI=1S/C11H14BrF3N2/c1-8(4-2-6-11(13,14)15)17-9-5-3-7-16-10(9)12/h3,5,7-8,17H,2,4,6H2,1H3. The molecule has 1 heterocycles. The summed E-state index contributed by atoms with van der Waals surface area (Å²) in [5, 5.41) is 3.12. The molecule has 0 spiro atoms. The van der Waals surface area contributed by atoms with Gasteiger partial charge in [-0.1, -0.05) is 0 Å². The summed E-state index contributed by atoms with van der Waals surface area (Å²) in [6.07, 6.45) is -2.54. The Hall–Kier alpha value is -0.780. The van der Waals surface area contributed by atoms with Crippen LogP contribution in [0.25, 0.3) is 0 Å². The zero-order valence-electron chi connectivity index (χ0n) is 9.39. The van der Waals surface area contributed by atoms with Gasteiger partial charge in [-0.3, -0.25) is 0 Å². The number of hydrogen-bond donors (Lipinski definition) is 1. The van der Waals surface area contributed by atoms with Gasteiger partial charge < -0.3 is 5.32 Å². The van der Waals surface area contributed by atoms with E-state index in [1.807, 2.05) is 13.0 Å². The molecule has 17 heavy (non-hydrogen) atoms. The van der Waals surface area contributed by atoms with E-state index in [2.05, 4.69) is 26.2 Å². The van der Waals surface area contributed by atoms with E-state index in [1.165, 1.54) is 0 Å². The number of hydrogen-bond acceptors (Lipinski definition) is 2. The largest absolute Gasteiger partial charge is 0.389 e. The number of aromatic nitrogens is 1. The minimum Gasteiger partial charge on any atom is -0.380 e. The van der Waals surface area contributed by atoms with Gasteiger partial charge in [-0.2, -0.15) is 13.2 Å². The number of nitrogens with zero attached hydrogens (tertiary/aromatic N) is 1. The van der Waals surface area contributed by atoms with Crippen molar-refractivity contribution in [3.05, 3.63) is 22.9 Å². The van der Waals surface area contributed by atoms with E-state index in [1.54, 1.807) is 12.3 Å². The van der Waals surface area contributed by atoms with E-state index >= 15 is 0 Å². The van der Waals surface area contributed by atoms with Crippen LogP contribution >= 0.6 is 15.9 Å². The molecular formula is C11H14BrF3N2. The van der Waals surface area contributed by atoms with Gasteiger partial charge in [-0.15, -0.1) is 0 Å². The summed E-state index contributed by atoms with van der Waals surface area (Å²) in [5.74, 6) is 0. The zero-order chi connectivity index (χ0) is 12.9. The lowest BCUT2D eigenvalue weighted by Crippen LogP contribution is -2.17. The predicted octanol–water partition coefficient (Wildman–Crippen LogP) is 4.38. The monoisotopic (exact) mass is 310 g/mol.